The van der Waals surface area contributed by atoms with Crippen molar-refractivity contribution in [3.63, 3.8) is 0 Å². The number of aryl methyl sites for hydroxylation is 1. The maximum Gasteiger partial charge on any atom is 0.318 e. The monoisotopic (exact) mass is 282 g/mol. The largest absolute Gasteiger partial charge is 0.338 e. The first-order valence-electron chi connectivity index (χ1n) is 7.17. The maximum atomic E-state index is 12.1. The first-order chi connectivity index (χ1) is 10.3. The predicted molar refractivity (Wildman–Crippen MR) is 79.4 cm³/mol. The van der Waals surface area contributed by atoms with E-state index in [1.807, 2.05) is 18.2 Å². The van der Waals surface area contributed by atoms with Crippen molar-refractivity contribution in [3.8, 4) is 0 Å². The van der Waals surface area contributed by atoms with Crippen LogP contribution in [-0.4, -0.2) is 27.4 Å². The summed E-state index contributed by atoms with van der Waals surface area (Å²) >= 11 is 0. The Labute approximate surface area is 124 Å². The van der Waals surface area contributed by atoms with E-state index in [1.165, 1.54) is 11.9 Å². The van der Waals surface area contributed by atoms with Crippen LogP contribution in [0.2, 0.25) is 0 Å². The third kappa shape index (κ3) is 3.37. The Kier molecular flexibility index (Phi) is 4.09. The highest BCUT2D eigenvalue weighted by molar-refractivity contribution is 5.74. The Morgan fingerprint density at radius 3 is 2.90 bits per heavy atom. The third-order valence-electron chi connectivity index (χ3n) is 3.63. The van der Waals surface area contributed by atoms with Crippen molar-refractivity contribution in [3.05, 3.63) is 59.7 Å². The van der Waals surface area contributed by atoms with Gasteiger partial charge < -0.3 is 10.2 Å². The summed E-state index contributed by atoms with van der Waals surface area (Å²) in [6, 6.07) is 10.3. The molecule has 0 unspecified atom stereocenters. The van der Waals surface area contributed by atoms with Gasteiger partial charge in [-0.15, -0.1) is 0 Å². The van der Waals surface area contributed by atoms with Gasteiger partial charge in [0, 0.05) is 18.3 Å². The third-order valence-corrected chi connectivity index (χ3v) is 3.63. The van der Waals surface area contributed by atoms with Crippen LogP contribution in [0, 0.1) is 0 Å². The van der Waals surface area contributed by atoms with E-state index in [-0.39, 0.29) is 6.03 Å². The van der Waals surface area contributed by atoms with Gasteiger partial charge in [0.05, 0.1) is 18.8 Å². The number of urea groups is 1. The highest BCUT2D eigenvalue weighted by Crippen LogP contribution is 2.18. The fourth-order valence-electron chi connectivity index (χ4n) is 2.49. The number of nitrogens with zero attached hydrogens (tertiary/aromatic N) is 3. The molecule has 3 rings (SSSR count). The molecule has 0 saturated heterocycles. The average Bonchev–Trinajstić information content (AvgIpc) is 2.96. The number of carbonyl (C=O) groups excluding carboxylic acids is 1. The minimum atomic E-state index is -0.0268. The zero-order chi connectivity index (χ0) is 14.5. The Morgan fingerprint density at radius 1 is 1.24 bits per heavy atom. The molecule has 2 heterocycles. The van der Waals surface area contributed by atoms with Gasteiger partial charge in [0.25, 0.3) is 0 Å². The molecule has 0 atom stereocenters. The van der Waals surface area contributed by atoms with Gasteiger partial charge >= 0.3 is 6.03 Å². The van der Waals surface area contributed by atoms with Crippen LogP contribution >= 0.6 is 0 Å². The summed E-state index contributed by atoms with van der Waals surface area (Å²) in [4.78, 5) is 22.0. The van der Waals surface area contributed by atoms with Crippen LogP contribution < -0.4 is 5.32 Å². The van der Waals surface area contributed by atoms with Crippen molar-refractivity contribution in [1.29, 1.82) is 0 Å². The molecular weight excluding hydrogens is 264 g/mol. The molecule has 2 amide bonds. The van der Waals surface area contributed by atoms with E-state index in [1.54, 1.807) is 11.1 Å². The van der Waals surface area contributed by atoms with Gasteiger partial charge in [-0.3, -0.25) is 0 Å². The number of amides is 2. The Hall–Kier alpha value is -2.43. The van der Waals surface area contributed by atoms with Crippen molar-refractivity contribution >= 4 is 6.03 Å². The summed E-state index contributed by atoms with van der Waals surface area (Å²) in [5, 5.41) is 2.97. The van der Waals surface area contributed by atoms with Crippen molar-refractivity contribution in [1.82, 2.24) is 20.2 Å². The summed E-state index contributed by atoms with van der Waals surface area (Å²) in [7, 11) is 0. The van der Waals surface area contributed by atoms with Gasteiger partial charge in [-0.2, -0.15) is 0 Å². The van der Waals surface area contributed by atoms with Gasteiger partial charge in [-0.1, -0.05) is 30.3 Å². The molecule has 0 saturated carbocycles. The van der Waals surface area contributed by atoms with Crippen LogP contribution in [0.5, 0.6) is 0 Å². The minimum Gasteiger partial charge on any atom is -0.338 e. The van der Waals surface area contributed by atoms with E-state index in [0.717, 1.165) is 24.1 Å². The second kappa shape index (κ2) is 6.35. The average molecular weight is 282 g/mol. The predicted octanol–water partition coefficient (Wildman–Crippen LogP) is 2.13. The van der Waals surface area contributed by atoms with Crippen LogP contribution in [-0.2, 0) is 19.5 Å². The van der Waals surface area contributed by atoms with E-state index in [0.29, 0.717) is 19.6 Å². The molecule has 0 bridgehead atoms. The Morgan fingerprint density at radius 2 is 2.10 bits per heavy atom. The number of nitrogens with one attached hydrogen (secondary N) is 1. The molecule has 5 nitrogen and oxygen atoms in total. The molecule has 5 heteroatoms. The van der Waals surface area contributed by atoms with E-state index in [2.05, 4.69) is 27.4 Å². The maximum absolute atomic E-state index is 12.1. The summed E-state index contributed by atoms with van der Waals surface area (Å²) in [6.45, 7) is 1.86. The molecule has 2 aromatic rings. The number of hydrogen-bond donors (Lipinski definition) is 1. The number of carbonyl (C=O) groups is 1. The van der Waals surface area contributed by atoms with E-state index >= 15 is 0 Å². The molecule has 0 spiro atoms. The van der Waals surface area contributed by atoms with Gasteiger partial charge in [0.15, 0.2) is 0 Å². The zero-order valence-corrected chi connectivity index (χ0v) is 11.8. The van der Waals surface area contributed by atoms with Crippen molar-refractivity contribution < 1.29 is 4.79 Å². The number of hydrogen-bond acceptors (Lipinski definition) is 3. The van der Waals surface area contributed by atoms with E-state index in [4.69, 9.17) is 0 Å². The van der Waals surface area contributed by atoms with Crippen molar-refractivity contribution in [2.75, 3.05) is 6.54 Å². The van der Waals surface area contributed by atoms with Crippen LogP contribution in [0.25, 0.3) is 0 Å². The second-order valence-corrected chi connectivity index (χ2v) is 5.17. The molecule has 0 fully saturated rings. The highest BCUT2D eigenvalue weighted by Gasteiger charge is 2.23. The molecule has 0 aliphatic carbocycles. The molecule has 1 aromatic carbocycles. The summed E-state index contributed by atoms with van der Waals surface area (Å²) in [6.07, 6.45) is 5.23. The van der Waals surface area contributed by atoms with Crippen molar-refractivity contribution in [2.24, 2.45) is 0 Å². The lowest BCUT2D eigenvalue weighted by atomic mass is 10.1. The van der Waals surface area contributed by atoms with Crippen LogP contribution in [0.1, 0.15) is 23.2 Å². The topological polar surface area (TPSA) is 58.1 Å². The van der Waals surface area contributed by atoms with Gasteiger partial charge in [0.1, 0.15) is 6.33 Å². The van der Waals surface area contributed by atoms with Crippen LogP contribution in [0.4, 0.5) is 4.79 Å². The van der Waals surface area contributed by atoms with E-state index in [9.17, 15) is 4.79 Å². The number of fused-ring (bicyclic) bond motifs is 1. The minimum absolute atomic E-state index is 0.0268. The first kappa shape index (κ1) is 13.5. The molecule has 0 radical (unpaired) electrons. The Bertz CT molecular complexity index is 590. The van der Waals surface area contributed by atoms with E-state index < -0.39 is 0 Å². The zero-order valence-electron chi connectivity index (χ0n) is 11.8. The molecule has 1 aliphatic rings. The fourth-order valence-corrected chi connectivity index (χ4v) is 2.49. The Balaban J connectivity index is 1.42. The molecule has 1 aliphatic heterocycles. The van der Waals surface area contributed by atoms with Gasteiger partial charge in [0.2, 0.25) is 0 Å². The molecule has 1 N–H and O–H groups in total. The van der Waals surface area contributed by atoms with Crippen molar-refractivity contribution in [2.45, 2.75) is 25.9 Å². The van der Waals surface area contributed by atoms with Crippen LogP contribution in [0.3, 0.4) is 0 Å². The smallest absolute Gasteiger partial charge is 0.318 e. The van der Waals surface area contributed by atoms with Gasteiger partial charge in [-0.25, -0.2) is 14.8 Å². The van der Waals surface area contributed by atoms with Crippen LogP contribution in [0.15, 0.2) is 42.9 Å². The van der Waals surface area contributed by atoms with Gasteiger partial charge in [-0.05, 0) is 18.4 Å². The normalized spacial score (nSPS) is 13.0. The molecule has 108 valence electrons. The quantitative estimate of drug-likeness (QED) is 0.874. The molecule has 1 aromatic heterocycles. The second-order valence-electron chi connectivity index (χ2n) is 5.17. The fraction of sp³-hybridized carbons (Fsp3) is 0.312. The summed E-state index contributed by atoms with van der Waals surface area (Å²) in [5.41, 5.74) is 3.29. The summed E-state index contributed by atoms with van der Waals surface area (Å²) < 4.78 is 0. The molecular formula is C16H18N4O. The summed E-state index contributed by atoms with van der Waals surface area (Å²) in [5.74, 6) is 0. The number of aromatic nitrogens is 2. The lowest BCUT2D eigenvalue weighted by Gasteiger charge is -2.16. The number of rotatable bonds is 4. The highest BCUT2D eigenvalue weighted by atomic mass is 16.2. The molecule has 21 heavy (non-hydrogen) atoms. The lowest BCUT2D eigenvalue weighted by molar-refractivity contribution is 0.198. The lowest BCUT2D eigenvalue weighted by Crippen LogP contribution is -2.37. The standard InChI is InChI=1S/C16H18N4O/c21-16(18-8-4-7-13-5-2-1-3-6-13)20-10-14-9-17-12-19-15(14)11-20/h1-3,5-6,9,12H,4,7-8,10-11H2,(H,18,21). The first-order valence-corrected chi connectivity index (χ1v) is 7.17. The SMILES string of the molecule is O=C(NCCCc1ccccc1)N1Cc2cncnc2C1. The number of benzene rings is 1.